The molecule has 0 radical (unpaired) electrons. The van der Waals surface area contributed by atoms with Gasteiger partial charge in [0.1, 0.15) is 29.5 Å². The lowest BCUT2D eigenvalue weighted by Gasteiger charge is -2.20. The summed E-state index contributed by atoms with van der Waals surface area (Å²) in [6.07, 6.45) is 3.12. The third kappa shape index (κ3) is 5.79. The van der Waals surface area contributed by atoms with Gasteiger partial charge in [0.05, 0.1) is 13.2 Å². The summed E-state index contributed by atoms with van der Waals surface area (Å²) < 4.78 is 17.9. The van der Waals surface area contributed by atoms with Gasteiger partial charge in [-0.25, -0.2) is 0 Å². The summed E-state index contributed by atoms with van der Waals surface area (Å²) in [5.74, 6) is 2.95. The number of nitrogens with zero attached hydrogens (tertiary/aromatic N) is 1. The Morgan fingerprint density at radius 3 is 2.26 bits per heavy atom. The molecule has 1 aliphatic carbocycles. The van der Waals surface area contributed by atoms with Gasteiger partial charge in [-0.05, 0) is 73.6 Å². The molecule has 1 saturated carbocycles. The summed E-state index contributed by atoms with van der Waals surface area (Å²) >= 11 is 0. The standard InChI is InChI=1S/C26H33NO4/c1-18(14-19(2)28)21-6-10-24(11-7-21)31-26-16-27(15-25(26)29-3)22-8-12-23(13-9-22)30-17-20-4-5-20/h6-13,18,20,25-26H,4-5,14-17H2,1-3H3/t18-,25+,26?/m1/s1. The predicted octanol–water partition coefficient (Wildman–Crippen LogP) is 4.84. The number of rotatable bonds is 10. The molecule has 0 N–H and O–H groups in total. The first-order valence-corrected chi connectivity index (χ1v) is 11.3. The highest BCUT2D eigenvalue weighted by molar-refractivity contribution is 5.76. The van der Waals surface area contributed by atoms with Crippen LogP contribution in [0.5, 0.6) is 11.5 Å². The van der Waals surface area contributed by atoms with Crippen LogP contribution in [0, 0.1) is 5.92 Å². The second kappa shape index (κ2) is 9.73. The summed E-state index contributed by atoms with van der Waals surface area (Å²) in [6.45, 7) is 6.10. The predicted molar refractivity (Wildman–Crippen MR) is 122 cm³/mol. The van der Waals surface area contributed by atoms with Crippen molar-refractivity contribution in [1.82, 2.24) is 0 Å². The fourth-order valence-electron chi connectivity index (χ4n) is 4.14. The van der Waals surface area contributed by atoms with E-state index in [9.17, 15) is 4.79 Å². The summed E-state index contributed by atoms with van der Waals surface area (Å²) in [5, 5.41) is 0. The molecule has 2 aromatic rings. The van der Waals surface area contributed by atoms with Gasteiger partial charge in [-0.3, -0.25) is 0 Å². The highest BCUT2D eigenvalue weighted by Crippen LogP contribution is 2.31. The van der Waals surface area contributed by atoms with E-state index in [2.05, 4.69) is 48.2 Å². The van der Waals surface area contributed by atoms with E-state index >= 15 is 0 Å². The molecule has 4 rings (SSSR count). The number of ketones is 1. The Kier molecular flexibility index (Phi) is 6.81. The SMILES string of the molecule is CO[C@H]1CN(c2ccc(OCC3CC3)cc2)CC1Oc1ccc([C@H](C)CC(C)=O)cc1. The second-order valence-corrected chi connectivity index (χ2v) is 8.96. The number of carbonyl (C=O) groups excluding carboxylic acids is 1. The minimum atomic E-state index is -0.0451. The number of Topliss-reactive ketones (excluding diaryl/α,β-unsaturated/α-hetero) is 1. The van der Waals surface area contributed by atoms with Gasteiger partial charge in [0.25, 0.3) is 0 Å². The Balaban J connectivity index is 1.35. The highest BCUT2D eigenvalue weighted by Gasteiger charge is 2.35. The van der Waals surface area contributed by atoms with Crippen LogP contribution in [0.25, 0.3) is 0 Å². The van der Waals surface area contributed by atoms with Gasteiger partial charge in [-0.2, -0.15) is 0 Å². The molecule has 0 amide bonds. The minimum Gasteiger partial charge on any atom is -0.493 e. The molecule has 1 aliphatic heterocycles. The highest BCUT2D eigenvalue weighted by atomic mass is 16.5. The van der Waals surface area contributed by atoms with E-state index in [0.29, 0.717) is 6.42 Å². The van der Waals surface area contributed by atoms with Crippen LogP contribution >= 0.6 is 0 Å². The maximum Gasteiger partial charge on any atom is 0.144 e. The third-order valence-electron chi connectivity index (χ3n) is 6.23. The van der Waals surface area contributed by atoms with Gasteiger partial charge >= 0.3 is 0 Å². The lowest BCUT2D eigenvalue weighted by atomic mass is 9.96. The van der Waals surface area contributed by atoms with Crippen molar-refractivity contribution in [2.45, 2.75) is 51.2 Å². The van der Waals surface area contributed by atoms with Gasteiger partial charge < -0.3 is 23.9 Å². The smallest absolute Gasteiger partial charge is 0.144 e. The summed E-state index contributed by atoms with van der Waals surface area (Å²) in [5.41, 5.74) is 2.31. The van der Waals surface area contributed by atoms with Crippen LogP contribution in [0.1, 0.15) is 44.6 Å². The number of anilines is 1. The van der Waals surface area contributed by atoms with Crippen LogP contribution < -0.4 is 14.4 Å². The number of hydrogen-bond acceptors (Lipinski definition) is 5. The molecule has 31 heavy (non-hydrogen) atoms. The number of benzene rings is 2. The van der Waals surface area contributed by atoms with Gasteiger partial charge in [-0.15, -0.1) is 0 Å². The normalized spacial score (nSPS) is 21.7. The van der Waals surface area contributed by atoms with Crippen LogP contribution in [0.4, 0.5) is 5.69 Å². The van der Waals surface area contributed by atoms with E-state index in [4.69, 9.17) is 14.2 Å². The molecular formula is C26H33NO4. The van der Waals surface area contributed by atoms with Crippen molar-refractivity contribution in [2.24, 2.45) is 5.92 Å². The molecule has 1 unspecified atom stereocenters. The Bertz CT molecular complexity index is 860. The lowest BCUT2D eigenvalue weighted by molar-refractivity contribution is -0.117. The molecule has 166 valence electrons. The van der Waals surface area contributed by atoms with E-state index in [1.165, 1.54) is 12.8 Å². The van der Waals surface area contributed by atoms with Crippen LogP contribution in [0.15, 0.2) is 48.5 Å². The van der Waals surface area contributed by atoms with Crippen molar-refractivity contribution >= 4 is 11.5 Å². The molecule has 0 aromatic heterocycles. The lowest BCUT2D eigenvalue weighted by Crippen LogP contribution is -2.31. The van der Waals surface area contributed by atoms with Crippen molar-refractivity contribution in [3.63, 3.8) is 0 Å². The number of methoxy groups -OCH3 is 1. The quantitative estimate of drug-likeness (QED) is 0.547. The number of hydrogen-bond donors (Lipinski definition) is 0. The molecule has 2 aromatic carbocycles. The van der Waals surface area contributed by atoms with E-state index in [0.717, 1.165) is 48.4 Å². The van der Waals surface area contributed by atoms with Gasteiger partial charge in [0.2, 0.25) is 0 Å². The molecule has 1 heterocycles. The molecule has 0 bridgehead atoms. The van der Waals surface area contributed by atoms with Crippen LogP contribution in [-0.4, -0.2) is 44.8 Å². The van der Waals surface area contributed by atoms with Crippen molar-refractivity contribution in [3.05, 3.63) is 54.1 Å². The fraction of sp³-hybridized carbons (Fsp3) is 0.500. The van der Waals surface area contributed by atoms with E-state index in [-0.39, 0.29) is 23.9 Å². The number of carbonyl (C=O) groups is 1. The molecule has 1 saturated heterocycles. The van der Waals surface area contributed by atoms with Crippen molar-refractivity contribution in [1.29, 1.82) is 0 Å². The Morgan fingerprint density at radius 1 is 1.00 bits per heavy atom. The van der Waals surface area contributed by atoms with Crippen molar-refractivity contribution < 1.29 is 19.0 Å². The minimum absolute atomic E-state index is 0.00195. The zero-order valence-electron chi connectivity index (χ0n) is 18.8. The monoisotopic (exact) mass is 423 g/mol. The van der Waals surface area contributed by atoms with Crippen LogP contribution in [0.2, 0.25) is 0 Å². The largest absolute Gasteiger partial charge is 0.493 e. The maximum absolute atomic E-state index is 11.4. The first-order chi connectivity index (χ1) is 15.0. The third-order valence-corrected chi connectivity index (χ3v) is 6.23. The molecule has 5 heteroatoms. The zero-order chi connectivity index (χ0) is 21.8. The molecule has 2 aliphatic rings. The van der Waals surface area contributed by atoms with Crippen LogP contribution in [-0.2, 0) is 9.53 Å². The molecule has 5 nitrogen and oxygen atoms in total. The molecule has 2 fully saturated rings. The van der Waals surface area contributed by atoms with Crippen LogP contribution in [0.3, 0.4) is 0 Å². The fourth-order valence-corrected chi connectivity index (χ4v) is 4.14. The van der Waals surface area contributed by atoms with Gasteiger partial charge in [-0.1, -0.05) is 19.1 Å². The summed E-state index contributed by atoms with van der Waals surface area (Å²) in [7, 11) is 1.74. The molecule has 3 atom stereocenters. The van der Waals surface area contributed by atoms with Gasteiger partial charge in [0, 0.05) is 25.8 Å². The van der Waals surface area contributed by atoms with Crippen molar-refractivity contribution in [3.8, 4) is 11.5 Å². The Hall–Kier alpha value is -2.53. The first-order valence-electron chi connectivity index (χ1n) is 11.3. The zero-order valence-corrected chi connectivity index (χ0v) is 18.8. The van der Waals surface area contributed by atoms with E-state index < -0.39 is 0 Å². The maximum atomic E-state index is 11.4. The first kappa shape index (κ1) is 21.7. The second-order valence-electron chi connectivity index (χ2n) is 8.96. The molecule has 0 spiro atoms. The van der Waals surface area contributed by atoms with Crippen molar-refractivity contribution in [2.75, 3.05) is 31.7 Å². The summed E-state index contributed by atoms with van der Waals surface area (Å²) in [6, 6.07) is 16.4. The topological polar surface area (TPSA) is 48.0 Å². The Morgan fingerprint density at radius 2 is 1.65 bits per heavy atom. The average Bonchev–Trinajstić information content (AvgIpc) is 3.51. The van der Waals surface area contributed by atoms with E-state index in [1.807, 2.05) is 12.1 Å². The number of ether oxygens (including phenoxy) is 3. The summed E-state index contributed by atoms with van der Waals surface area (Å²) in [4.78, 5) is 13.7. The van der Waals surface area contributed by atoms with E-state index in [1.54, 1.807) is 14.0 Å². The Labute approximate surface area is 185 Å². The average molecular weight is 424 g/mol. The molecular weight excluding hydrogens is 390 g/mol. The van der Waals surface area contributed by atoms with Gasteiger partial charge in [0.15, 0.2) is 0 Å².